The molecule has 0 atom stereocenters. The highest BCUT2D eigenvalue weighted by atomic mass is 35.5. The molecule has 0 N–H and O–H groups in total. The molecule has 0 radical (unpaired) electrons. The summed E-state index contributed by atoms with van der Waals surface area (Å²) in [5.41, 5.74) is 2.93. The summed E-state index contributed by atoms with van der Waals surface area (Å²) in [6, 6.07) is 8.38. The molecule has 2 rings (SSSR count). The third-order valence-electron chi connectivity index (χ3n) is 4.72. The Morgan fingerprint density at radius 3 is 2.10 bits per heavy atom. The van der Waals surface area contributed by atoms with Crippen LogP contribution in [0.25, 0.3) is 0 Å². The van der Waals surface area contributed by atoms with Gasteiger partial charge in [-0.25, -0.2) is 0 Å². The molecule has 1 fully saturated rings. The number of hydrogen-bond acceptors (Lipinski definition) is 1. The minimum Gasteiger partial charge on any atom is -0.306 e. The van der Waals surface area contributed by atoms with E-state index in [-0.39, 0.29) is 10.8 Å². The van der Waals surface area contributed by atoms with Crippen LogP contribution in [0.15, 0.2) is 36.4 Å². The first-order valence-corrected chi connectivity index (χ1v) is 7.78. The van der Waals surface area contributed by atoms with Crippen molar-refractivity contribution in [2.24, 2.45) is 5.41 Å². The van der Waals surface area contributed by atoms with Gasteiger partial charge in [-0.2, -0.15) is 0 Å². The summed E-state index contributed by atoms with van der Waals surface area (Å²) in [6.45, 7) is 13.5. The molecule has 2 heteroatoms. The van der Waals surface area contributed by atoms with E-state index in [1.165, 1.54) is 11.1 Å². The van der Waals surface area contributed by atoms with E-state index in [4.69, 9.17) is 11.6 Å². The van der Waals surface area contributed by atoms with Crippen LogP contribution < -0.4 is 0 Å². The molecule has 0 aliphatic carbocycles. The van der Waals surface area contributed by atoms with Gasteiger partial charge in [0.05, 0.1) is 0 Å². The first-order chi connectivity index (χ1) is 9.25. The number of piperidine rings is 1. The fraction of sp³-hybridized carbons (Fsp3) is 0.556. The number of hydrogen-bond donors (Lipinski definition) is 0. The average Bonchev–Trinajstić information content (AvgIpc) is 2.39. The Hall–Kier alpha value is -0.790. The van der Waals surface area contributed by atoms with Crippen molar-refractivity contribution >= 4 is 11.6 Å². The summed E-state index contributed by atoms with van der Waals surface area (Å²) in [6.07, 6.45) is 2.28. The Labute approximate surface area is 128 Å². The van der Waals surface area contributed by atoms with Crippen molar-refractivity contribution in [1.29, 1.82) is 0 Å². The van der Waals surface area contributed by atoms with Gasteiger partial charge in [-0.3, -0.25) is 0 Å². The van der Waals surface area contributed by atoms with Crippen molar-refractivity contribution in [3.63, 3.8) is 0 Å². The van der Waals surface area contributed by atoms with Gasteiger partial charge in [0.15, 0.2) is 0 Å². The van der Waals surface area contributed by atoms with E-state index >= 15 is 0 Å². The summed E-state index contributed by atoms with van der Waals surface area (Å²) >= 11 is 6.06. The maximum absolute atomic E-state index is 6.06. The zero-order valence-corrected chi connectivity index (χ0v) is 13.9. The fourth-order valence-electron chi connectivity index (χ4n) is 3.25. The van der Waals surface area contributed by atoms with Gasteiger partial charge in [-0.15, -0.1) is 0 Å². The second-order valence-electron chi connectivity index (χ2n) is 7.12. The Bertz CT molecular complexity index is 473. The molecule has 110 valence electrons. The Kier molecular flexibility index (Phi) is 4.32. The van der Waals surface area contributed by atoms with E-state index < -0.39 is 0 Å². The Morgan fingerprint density at radius 2 is 1.65 bits per heavy atom. The monoisotopic (exact) mass is 291 g/mol. The summed E-state index contributed by atoms with van der Waals surface area (Å²) in [7, 11) is 2.20. The van der Waals surface area contributed by atoms with E-state index in [0.29, 0.717) is 0 Å². The average molecular weight is 292 g/mol. The van der Waals surface area contributed by atoms with Crippen LogP contribution in [-0.4, -0.2) is 25.0 Å². The van der Waals surface area contributed by atoms with Gasteiger partial charge in [0.2, 0.25) is 0 Å². The Balaban J connectivity index is 2.44. The number of rotatable bonds is 2. The second kappa shape index (κ2) is 5.54. The minimum atomic E-state index is 0.0926. The van der Waals surface area contributed by atoms with Crippen molar-refractivity contribution in [1.82, 2.24) is 4.90 Å². The lowest BCUT2D eigenvalue weighted by molar-refractivity contribution is 0.193. The standard InChI is InChI=1S/C18H26ClN/c1-14(17(2,3)4)18(10-12-20(5)13-11-18)15-6-8-16(19)9-7-15/h6-9H,1,10-13H2,2-5H3. The van der Waals surface area contributed by atoms with E-state index in [1.54, 1.807) is 0 Å². The topological polar surface area (TPSA) is 3.24 Å². The van der Waals surface area contributed by atoms with Crippen LogP contribution >= 0.6 is 11.6 Å². The molecule has 1 saturated heterocycles. The van der Waals surface area contributed by atoms with Crippen molar-refractivity contribution in [2.45, 2.75) is 39.0 Å². The molecule has 20 heavy (non-hydrogen) atoms. The number of likely N-dealkylation sites (tertiary alicyclic amines) is 1. The quantitative estimate of drug-likeness (QED) is 0.700. The van der Waals surface area contributed by atoms with E-state index in [2.05, 4.69) is 51.4 Å². The highest BCUT2D eigenvalue weighted by Gasteiger charge is 2.41. The van der Waals surface area contributed by atoms with Gasteiger partial charge in [-0.1, -0.05) is 56.7 Å². The lowest BCUT2D eigenvalue weighted by Crippen LogP contribution is -2.44. The van der Waals surface area contributed by atoms with Crippen molar-refractivity contribution in [3.05, 3.63) is 47.0 Å². The van der Waals surface area contributed by atoms with Crippen molar-refractivity contribution in [2.75, 3.05) is 20.1 Å². The van der Waals surface area contributed by atoms with Crippen LogP contribution in [-0.2, 0) is 5.41 Å². The lowest BCUT2D eigenvalue weighted by atomic mass is 9.61. The summed E-state index contributed by atoms with van der Waals surface area (Å²) in [5, 5.41) is 0.804. The number of allylic oxidation sites excluding steroid dienone is 1. The van der Waals surface area contributed by atoms with Crippen molar-refractivity contribution in [3.8, 4) is 0 Å². The van der Waals surface area contributed by atoms with Crippen LogP contribution in [0.2, 0.25) is 5.02 Å². The largest absolute Gasteiger partial charge is 0.306 e. The summed E-state index contributed by atoms with van der Waals surface area (Å²) < 4.78 is 0. The predicted octanol–water partition coefficient (Wildman–Crippen LogP) is 4.91. The highest BCUT2D eigenvalue weighted by molar-refractivity contribution is 6.30. The maximum Gasteiger partial charge on any atom is 0.0406 e. The van der Waals surface area contributed by atoms with Gasteiger partial charge in [0.25, 0.3) is 0 Å². The van der Waals surface area contributed by atoms with Gasteiger partial charge >= 0.3 is 0 Å². The van der Waals surface area contributed by atoms with Gasteiger partial charge in [0, 0.05) is 10.4 Å². The lowest BCUT2D eigenvalue weighted by Gasteiger charge is -2.46. The Morgan fingerprint density at radius 1 is 1.15 bits per heavy atom. The molecule has 0 unspecified atom stereocenters. The van der Waals surface area contributed by atoms with Gasteiger partial charge in [0.1, 0.15) is 0 Å². The van der Waals surface area contributed by atoms with Crippen LogP contribution in [0, 0.1) is 5.41 Å². The normalized spacial score (nSPS) is 19.9. The van der Waals surface area contributed by atoms with Crippen molar-refractivity contribution < 1.29 is 0 Å². The molecule has 1 nitrogen and oxygen atoms in total. The zero-order valence-electron chi connectivity index (χ0n) is 13.2. The molecule has 0 bridgehead atoms. The van der Waals surface area contributed by atoms with E-state index in [1.807, 2.05) is 12.1 Å². The minimum absolute atomic E-state index is 0.0926. The second-order valence-corrected chi connectivity index (χ2v) is 7.56. The maximum atomic E-state index is 6.06. The van der Waals surface area contributed by atoms with Crippen LogP contribution in [0.3, 0.4) is 0 Å². The van der Waals surface area contributed by atoms with Crippen LogP contribution in [0.4, 0.5) is 0 Å². The first-order valence-electron chi connectivity index (χ1n) is 7.40. The first kappa shape index (κ1) is 15.6. The third kappa shape index (κ3) is 2.94. The molecule has 1 aromatic carbocycles. The number of halogens is 1. The molecule has 1 aliphatic rings. The van der Waals surface area contributed by atoms with Gasteiger partial charge < -0.3 is 4.90 Å². The van der Waals surface area contributed by atoms with E-state index in [0.717, 1.165) is 31.0 Å². The molecule has 0 aromatic heterocycles. The molecule has 0 spiro atoms. The molecule has 0 saturated carbocycles. The molecule has 1 heterocycles. The predicted molar refractivity (Wildman–Crippen MR) is 88.5 cm³/mol. The number of benzene rings is 1. The summed E-state index contributed by atoms with van der Waals surface area (Å²) in [5.74, 6) is 0. The molecule has 0 amide bonds. The molecular formula is C18H26ClN. The van der Waals surface area contributed by atoms with Crippen LogP contribution in [0.1, 0.15) is 39.2 Å². The SMILES string of the molecule is C=C(C(C)(C)C)C1(c2ccc(Cl)cc2)CCN(C)CC1. The van der Waals surface area contributed by atoms with Gasteiger partial charge in [-0.05, 0) is 56.1 Å². The molecular weight excluding hydrogens is 266 g/mol. The van der Waals surface area contributed by atoms with E-state index in [9.17, 15) is 0 Å². The number of nitrogens with zero attached hydrogens (tertiary/aromatic N) is 1. The van der Waals surface area contributed by atoms with Crippen LogP contribution in [0.5, 0.6) is 0 Å². The summed E-state index contributed by atoms with van der Waals surface area (Å²) in [4.78, 5) is 2.41. The molecule has 1 aromatic rings. The molecule has 1 aliphatic heterocycles. The third-order valence-corrected chi connectivity index (χ3v) is 4.97. The zero-order chi connectivity index (χ0) is 15.0. The fourth-order valence-corrected chi connectivity index (χ4v) is 3.38. The highest BCUT2D eigenvalue weighted by Crippen LogP contribution is 2.47. The smallest absolute Gasteiger partial charge is 0.0406 e.